The predicted octanol–water partition coefficient (Wildman–Crippen LogP) is 6.97. The fourth-order valence-electron chi connectivity index (χ4n) is 4.66. The highest BCUT2D eigenvalue weighted by molar-refractivity contribution is 7.71. The zero-order chi connectivity index (χ0) is 23.7. The molecule has 176 valence electrons. The van der Waals surface area contributed by atoms with E-state index in [1.54, 1.807) is 6.07 Å². The first kappa shape index (κ1) is 22.6. The summed E-state index contributed by atoms with van der Waals surface area (Å²) >= 11 is 5.50. The van der Waals surface area contributed by atoms with Gasteiger partial charge in [0.15, 0.2) is 10.6 Å². The van der Waals surface area contributed by atoms with Crippen LogP contribution < -0.4 is 5.32 Å². The Kier molecular flexibility index (Phi) is 6.12. The Morgan fingerprint density at radius 3 is 2.53 bits per heavy atom. The van der Waals surface area contributed by atoms with Crippen molar-refractivity contribution in [3.05, 3.63) is 70.6 Å². The molecule has 1 aliphatic rings. The summed E-state index contributed by atoms with van der Waals surface area (Å²) in [7, 11) is 0. The third kappa shape index (κ3) is 4.44. The maximum Gasteiger partial charge on any atom is 0.418 e. The lowest BCUT2D eigenvalue weighted by atomic mass is 9.94. The number of H-pyrrole nitrogens is 1. The van der Waals surface area contributed by atoms with Gasteiger partial charge in [0.1, 0.15) is 0 Å². The SMILES string of the molecule is FC(F)(F)c1cccc2c(NC3CCCCC3)c(-c3n[nH]c(=S)n3Cc3ccccc3)cnc12. The third-order valence-corrected chi connectivity index (χ3v) is 6.65. The number of nitrogens with zero attached hydrogens (tertiary/aromatic N) is 3. The van der Waals surface area contributed by atoms with Gasteiger partial charge in [0.2, 0.25) is 0 Å². The minimum absolute atomic E-state index is 0.0687. The van der Waals surface area contributed by atoms with Gasteiger partial charge in [-0.05, 0) is 36.7 Å². The molecule has 0 bridgehead atoms. The minimum atomic E-state index is -4.50. The largest absolute Gasteiger partial charge is 0.418 e. The summed E-state index contributed by atoms with van der Waals surface area (Å²) in [4.78, 5) is 4.27. The van der Waals surface area contributed by atoms with Crippen LogP contribution in [0.4, 0.5) is 18.9 Å². The number of fused-ring (bicyclic) bond motifs is 1. The van der Waals surface area contributed by atoms with E-state index in [0.29, 0.717) is 33.8 Å². The van der Waals surface area contributed by atoms with Crippen molar-refractivity contribution in [2.24, 2.45) is 0 Å². The predicted molar refractivity (Wildman–Crippen MR) is 129 cm³/mol. The normalized spacial score (nSPS) is 15.0. The molecule has 9 heteroatoms. The number of alkyl halides is 3. The highest BCUT2D eigenvalue weighted by atomic mass is 32.1. The minimum Gasteiger partial charge on any atom is -0.381 e. The number of hydrogen-bond donors (Lipinski definition) is 2. The molecule has 0 saturated heterocycles. The van der Waals surface area contributed by atoms with Gasteiger partial charge in [-0.3, -0.25) is 14.6 Å². The van der Waals surface area contributed by atoms with Crippen molar-refractivity contribution in [3.63, 3.8) is 0 Å². The molecule has 1 aliphatic carbocycles. The Balaban J connectivity index is 1.68. The molecule has 2 aromatic carbocycles. The number of para-hydroxylation sites is 1. The first-order chi connectivity index (χ1) is 16.4. The van der Waals surface area contributed by atoms with Gasteiger partial charge >= 0.3 is 6.18 Å². The van der Waals surface area contributed by atoms with Crippen LogP contribution >= 0.6 is 12.2 Å². The number of rotatable bonds is 5. The van der Waals surface area contributed by atoms with Gasteiger partial charge in [-0.25, -0.2) is 0 Å². The van der Waals surface area contributed by atoms with Crippen molar-refractivity contribution in [1.82, 2.24) is 19.7 Å². The van der Waals surface area contributed by atoms with Gasteiger partial charge in [0.05, 0.1) is 28.9 Å². The maximum atomic E-state index is 13.7. The van der Waals surface area contributed by atoms with Crippen LogP contribution in [0.2, 0.25) is 0 Å². The molecule has 34 heavy (non-hydrogen) atoms. The summed E-state index contributed by atoms with van der Waals surface area (Å²) in [5.41, 5.74) is 1.47. The average Bonchev–Trinajstić information content (AvgIpc) is 3.19. The summed E-state index contributed by atoms with van der Waals surface area (Å²) in [6, 6.07) is 14.2. The molecule has 2 heterocycles. The Bertz CT molecular complexity index is 1350. The number of aromatic nitrogens is 4. The van der Waals surface area contributed by atoms with E-state index in [4.69, 9.17) is 12.2 Å². The Morgan fingerprint density at radius 1 is 1.03 bits per heavy atom. The summed E-state index contributed by atoms with van der Waals surface area (Å²) < 4.78 is 43.5. The Labute approximate surface area is 200 Å². The fourth-order valence-corrected chi connectivity index (χ4v) is 4.86. The van der Waals surface area contributed by atoms with E-state index < -0.39 is 11.7 Å². The third-order valence-electron chi connectivity index (χ3n) is 6.34. The summed E-state index contributed by atoms with van der Waals surface area (Å²) in [5, 5.41) is 11.3. The van der Waals surface area contributed by atoms with Crippen molar-refractivity contribution in [1.29, 1.82) is 0 Å². The Hall–Kier alpha value is -3.20. The Morgan fingerprint density at radius 2 is 1.79 bits per heavy atom. The number of pyridine rings is 1. The number of anilines is 1. The second-order valence-electron chi connectivity index (χ2n) is 8.65. The van der Waals surface area contributed by atoms with Gasteiger partial charge in [0.25, 0.3) is 0 Å². The average molecular weight is 484 g/mol. The van der Waals surface area contributed by atoms with Crippen molar-refractivity contribution in [3.8, 4) is 11.4 Å². The lowest BCUT2D eigenvalue weighted by Crippen LogP contribution is -2.23. The lowest BCUT2D eigenvalue weighted by molar-refractivity contribution is -0.136. The molecule has 0 unspecified atom stereocenters. The molecule has 2 aromatic heterocycles. The number of benzene rings is 2. The molecule has 2 N–H and O–H groups in total. The first-order valence-electron chi connectivity index (χ1n) is 11.4. The van der Waals surface area contributed by atoms with Crippen molar-refractivity contribution in [2.45, 2.75) is 50.9 Å². The molecule has 5 rings (SSSR count). The van der Waals surface area contributed by atoms with E-state index in [0.717, 1.165) is 37.3 Å². The first-order valence-corrected chi connectivity index (χ1v) is 11.8. The van der Waals surface area contributed by atoms with Gasteiger partial charge in [-0.15, -0.1) is 0 Å². The molecule has 4 aromatic rings. The molecule has 0 radical (unpaired) electrons. The van der Waals surface area contributed by atoms with Crippen LogP contribution in [0.15, 0.2) is 54.7 Å². The molecular weight excluding hydrogens is 459 g/mol. The van der Waals surface area contributed by atoms with E-state index in [9.17, 15) is 13.2 Å². The van der Waals surface area contributed by atoms with Gasteiger partial charge < -0.3 is 5.32 Å². The van der Waals surface area contributed by atoms with Gasteiger partial charge in [0, 0.05) is 17.6 Å². The van der Waals surface area contributed by atoms with Gasteiger partial charge in [-0.2, -0.15) is 18.3 Å². The molecule has 0 atom stereocenters. The topological polar surface area (TPSA) is 58.5 Å². The quantitative estimate of drug-likeness (QED) is 0.301. The van der Waals surface area contributed by atoms with E-state index in [-0.39, 0.29) is 11.6 Å². The molecule has 5 nitrogen and oxygen atoms in total. The molecule has 0 aliphatic heterocycles. The number of nitrogens with one attached hydrogen (secondary N) is 2. The van der Waals surface area contributed by atoms with Crippen LogP contribution in [0.1, 0.15) is 43.2 Å². The zero-order valence-corrected chi connectivity index (χ0v) is 19.2. The van der Waals surface area contributed by atoms with Crippen molar-refractivity contribution in [2.75, 3.05) is 5.32 Å². The molecule has 0 amide bonds. The number of aromatic amines is 1. The van der Waals surface area contributed by atoms with Crippen molar-refractivity contribution < 1.29 is 13.2 Å². The molecule has 1 saturated carbocycles. The van der Waals surface area contributed by atoms with Crippen molar-refractivity contribution >= 4 is 28.8 Å². The molecule has 1 fully saturated rings. The van der Waals surface area contributed by atoms with Crippen LogP contribution in [-0.2, 0) is 12.7 Å². The van der Waals surface area contributed by atoms with Crippen LogP contribution in [0, 0.1) is 4.77 Å². The van der Waals surface area contributed by atoms with E-state index >= 15 is 0 Å². The van der Waals surface area contributed by atoms with Crippen LogP contribution in [0.5, 0.6) is 0 Å². The summed E-state index contributed by atoms with van der Waals surface area (Å²) in [6.07, 6.45) is 2.29. The zero-order valence-electron chi connectivity index (χ0n) is 18.4. The molecule has 0 spiro atoms. The number of halogens is 3. The monoisotopic (exact) mass is 483 g/mol. The summed E-state index contributed by atoms with van der Waals surface area (Å²) in [6.45, 7) is 0.481. The van der Waals surface area contributed by atoms with E-state index in [1.807, 2.05) is 34.9 Å². The van der Waals surface area contributed by atoms with Crippen LogP contribution in [0.3, 0.4) is 0 Å². The highest BCUT2D eigenvalue weighted by Gasteiger charge is 2.34. The van der Waals surface area contributed by atoms with E-state index in [1.165, 1.54) is 18.7 Å². The number of hydrogen-bond acceptors (Lipinski definition) is 4. The fraction of sp³-hybridized carbons (Fsp3) is 0.320. The summed E-state index contributed by atoms with van der Waals surface area (Å²) in [5.74, 6) is 0.541. The van der Waals surface area contributed by atoms with Gasteiger partial charge in [-0.1, -0.05) is 61.7 Å². The maximum absolute atomic E-state index is 13.7. The van der Waals surface area contributed by atoms with Crippen LogP contribution in [-0.4, -0.2) is 25.8 Å². The highest BCUT2D eigenvalue weighted by Crippen LogP contribution is 2.40. The van der Waals surface area contributed by atoms with Crippen LogP contribution in [0.25, 0.3) is 22.3 Å². The lowest BCUT2D eigenvalue weighted by Gasteiger charge is -2.26. The standard InChI is InChI=1S/C25H24F3N5S/c26-25(27,28)20-13-7-12-18-21(30-17-10-5-2-6-11-17)19(14-29-22(18)20)23-31-32-24(34)33(23)15-16-8-3-1-4-9-16/h1,3-4,7-9,12-14,17H,2,5-6,10-11,15H2,(H,29,30)(H,32,34). The van der Waals surface area contributed by atoms with E-state index in [2.05, 4.69) is 20.5 Å². The smallest absolute Gasteiger partial charge is 0.381 e. The second-order valence-corrected chi connectivity index (χ2v) is 9.04. The molecular formula is C25H24F3N5S. The second kappa shape index (κ2) is 9.21.